The van der Waals surface area contributed by atoms with Gasteiger partial charge in [0.15, 0.2) is 11.5 Å². The van der Waals surface area contributed by atoms with E-state index in [0.717, 1.165) is 34.1 Å². The molecular weight excluding hydrogens is 342 g/mol. The van der Waals surface area contributed by atoms with Gasteiger partial charge in [0.25, 0.3) is 0 Å². The van der Waals surface area contributed by atoms with E-state index in [4.69, 9.17) is 31.5 Å². The molecule has 0 unspecified atom stereocenters. The van der Waals surface area contributed by atoms with Crippen molar-refractivity contribution in [3.63, 3.8) is 0 Å². The summed E-state index contributed by atoms with van der Waals surface area (Å²) in [5, 5.41) is 0.686. The highest BCUT2D eigenvalue weighted by Gasteiger charge is 2.17. The number of fused-ring (bicyclic) bond motifs is 2. The Labute approximate surface area is 150 Å². The highest BCUT2D eigenvalue weighted by molar-refractivity contribution is 6.30. The minimum absolute atomic E-state index is 0.349. The average Bonchev–Trinajstić information content (AvgIpc) is 2.98. The third kappa shape index (κ3) is 3.23. The minimum Gasteiger partial charge on any atom is -0.492 e. The summed E-state index contributed by atoms with van der Waals surface area (Å²) in [6.45, 7) is 2.58. The molecule has 0 spiro atoms. The smallest absolute Gasteiger partial charge is 0.163 e. The number of ether oxygens (including phenoxy) is 3. The van der Waals surface area contributed by atoms with Gasteiger partial charge >= 0.3 is 0 Å². The fourth-order valence-corrected chi connectivity index (χ4v) is 3.03. The number of hydrogen-bond donors (Lipinski definition) is 1. The molecule has 0 aliphatic carbocycles. The molecule has 7 heteroatoms. The fraction of sp³-hybridized carbons (Fsp3) is 0.278. The number of halogens is 1. The first-order valence-electron chi connectivity index (χ1n) is 8.12. The monoisotopic (exact) mass is 359 g/mol. The highest BCUT2D eigenvalue weighted by atomic mass is 35.5. The van der Waals surface area contributed by atoms with Crippen LogP contribution in [0.25, 0.3) is 11.0 Å². The Kier molecular flexibility index (Phi) is 4.38. The first kappa shape index (κ1) is 16.1. The maximum Gasteiger partial charge on any atom is 0.163 e. The summed E-state index contributed by atoms with van der Waals surface area (Å²) in [7, 11) is 0. The lowest BCUT2D eigenvalue weighted by atomic mass is 10.2. The molecule has 2 aromatic carbocycles. The number of aromatic nitrogens is 2. The summed E-state index contributed by atoms with van der Waals surface area (Å²) in [4.78, 5) is 4.61. The zero-order valence-corrected chi connectivity index (χ0v) is 14.3. The highest BCUT2D eigenvalue weighted by Crippen LogP contribution is 2.34. The van der Waals surface area contributed by atoms with Gasteiger partial charge in [-0.25, -0.2) is 4.98 Å². The lowest BCUT2D eigenvalue weighted by molar-refractivity contribution is 0.172. The summed E-state index contributed by atoms with van der Waals surface area (Å²) in [5.74, 6) is 3.04. The van der Waals surface area contributed by atoms with E-state index in [1.165, 1.54) is 0 Å². The Hall–Kier alpha value is -2.44. The molecule has 1 aliphatic rings. The fourth-order valence-electron chi connectivity index (χ4n) is 2.90. The second kappa shape index (κ2) is 6.82. The second-order valence-corrected chi connectivity index (χ2v) is 6.11. The molecule has 0 amide bonds. The molecule has 25 heavy (non-hydrogen) atoms. The van der Waals surface area contributed by atoms with Gasteiger partial charge in [0, 0.05) is 17.2 Å². The van der Waals surface area contributed by atoms with Gasteiger partial charge in [0.1, 0.15) is 31.4 Å². The predicted octanol–water partition coefficient (Wildman–Crippen LogP) is 3.00. The van der Waals surface area contributed by atoms with Crippen molar-refractivity contribution in [3.05, 3.63) is 47.2 Å². The van der Waals surface area contributed by atoms with Crippen molar-refractivity contribution in [2.45, 2.75) is 13.1 Å². The largest absolute Gasteiger partial charge is 0.492 e. The van der Waals surface area contributed by atoms with E-state index in [0.29, 0.717) is 37.9 Å². The first-order chi connectivity index (χ1) is 12.2. The van der Waals surface area contributed by atoms with Gasteiger partial charge in [0.05, 0.1) is 24.1 Å². The quantitative estimate of drug-likeness (QED) is 0.758. The number of rotatable bonds is 5. The molecule has 0 bridgehead atoms. The van der Waals surface area contributed by atoms with Gasteiger partial charge in [0.2, 0.25) is 0 Å². The lowest BCUT2D eigenvalue weighted by Crippen LogP contribution is -2.16. The SMILES string of the molecule is NCc1nc2cc3c(cc2n1CCOc1ccc(Cl)cc1)OCCO3. The maximum atomic E-state index is 5.89. The number of benzene rings is 2. The van der Waals surface area contributed by atoms with Crippen LogP contribution in [0.4, 0.5) is 0 Å². The average molecular weight is 360 g/mol. The van der Waals surface area contributed by atoms with Crippen molar-refractivity contribution in [1.82, 2.24) is 9.55 Å². The van der Waals surface area contributed by atoms with Gasteiger partial charge in [-0.3, -0.25) is 0 Å². The van der Waals surface area contributed by atoms with Gasteiger partial charge in [-0.1, -0.05) is 11.6 Å². The minimum atomic E-state index is 0.349. The number of nitrogens with zero attached hydrogens (tertiary/aromatic N) is 2. The van der Waals surface area contributed by atoms with Crippen LogP contribution in [0.1, 0.15) is 5.82 Å². The molecular formula is C18H18ClN3O3. The summed E-state index contributed by atoms with van der Waals surface area (Å²) >= 11 is 5.89. The molecule has 4 rings (SSSR count). The molecule has 3 aromatic rings. The number of nitrogens with two attached hydrogens (primary N) is 1. The van der Waals surface area contributed by atoms with Crippen LogP contribution >= 0.6 is 11.6 Å². The predicted molar refractivity (Wildman–Crippen MR) is 95.6 cm³/mol. The van der Waals surface area contributed by atoms with E-state index in [1.807, 2.05) is 24.3 Å². The van der Waals surface area contributed by atoms with Gasteiger partial charge in [-0.05, 0) is 24.3 Å². The molecule has 0 radical (unpaired) electrons. The van der Waals surface area contributed by atoms with Crippen molar-refractivity contribution < 1.29 is 14.2 Å². The van der Waals surface area contributed by atoms with Crippen LogP contribution in [0.15, 0.2) is 36.4 Å². The molecule has 2 N–H and O–H groups in total. The molecule has 1 aliphatic heterocycles. The molecule has 0 saturated heterocycles. The Bertz CT molecular complexity index is 893. The van der Waals surface area contributed by atoms with Crippen molar-refractivity contribution in [2.75, 3.05) is 19.8 Å². The third-order valence-corrected chi connectivity index (χ3v) is 4.32. The van der Waals surface area contributed by atoms with Crippen molar-refractivity contribution in [3.8, 4) is 17.2 Å². The lowest BCUT2D eigenvalue weighted by Gasteiger charge is -2.18. The Morgan fingerprint density at radius 2 is 1.84 bits per heavy atom. The van der Waals surface area contributed by atoms with E-state index in [2.05, 4.69) is 9.55 Å². The molecule has 0 atom stereocenters. The van der Waals surface area contributed by atoms with Gasteiger partial charge < -0.3 is 24.5 Å². The molecule has 0 saturated carbocycles. The molecule has 2 heterocycles. The summed E-state index contributed by atoms with van der Waals surface area (Å²) < 4.78 is 19.1. The third-order valence-electron chi connectivity index (χ3n) is 4.07. The van der Waals surface area contributed by atoms with E-state index in [-0.39, 0.29) is 0 Å². The normalized spacial score (nSPS) is 13.2. The number of hydrogen-bond acceptors (Lipinski definition) is 5. The van der Waals surface area contributed by atoms with Crippen LogP contribution < -0.4 is 19.9 Å². The van der Waals surface area contributed by atoms with E-state index in [9.17, 15) is 0 Å². The molecule has 1 aromatic heterocycles. The molecule has 0 fully saturated rings. The Morgan fingerprint density at radius 3 is 2.56 bits per heavy atom. The van der Waals surface area contributed by atoms with E-state index in [1.54, 1.807) is 12.1 Å². The summed E-state index contributed by atoms with van der Waals surface area (Å²) in [5.41, 5.74) is 7.67. The van der Waals surface area contributed by atoms with Crippen LogP contribution in [0.5, 0.6) is 17.2 Å². The summed E-state index contributed by atoms with van der Waals surface area (Å²) in [6.07, 6.45) is 0. The van der Waals surface area contributed by atoms with Gasteiger partial charge in [-0.2, -0.15) is 0 Å². The standard InChI is InChI=1S/C18H18ClN3O3/c19-12-1-3-13(4-2-12)23-6-5-22-15-10-17-16(24-7-8-25-17)9-14(15)21-18(22)11-20/h1-4,9-10H,5-8,11,20H2. The van der Waals surface area contributed by atoms with Crippen LogP contribution in [0, 0.1) is 0 Å². The van der Waals surface area contributed by atoms with Crippen LogP contribution in [-0.4, -0.2) is 29.4 Å². The van der Waals surface area contributed by atoms with Crippen LogP contribution in [0.3, 0.4) is 0 Å². The first-order valence-corrected chi connectivity index (χ1v) is 8.49. The van der Waals surface area contributed by atoms with Crippen LogP contribution in [-0.2, 0) is 13.1 Å². The molecule has 6 nitrogen and oxygen atoms in total. The van der Waals surface area contributed by atoms with Crippen LogP contribution in [0.2, 0.25) is 5.02 Å². The maximum absolute atomic E-state index is 5.89. The Morgan fingerprint density at radius 1 is 1.12 bits per heavy atom. The topological polar surface area (TPSA) is 71.5 Å². The zero-order valence-electron chi connectivity index (χ0n) is 13.6. The van der Waals surface area contributed by atoms with Crippen molar-refractivity contribution in [2.24, 2.45) is 5.73 Å². The Balaban J connectivity index is 1.58. The van der Waals surface area contributed by atoms with Crippen molar-refractivity contribution in [1.29, 1.82) is 0 Å². The summed E-state index contributed by atoms with van der Waals surface area (Å²) in [6, 6.07) is 11.2. The zero-order chi connectivity index (χ0) is 17.2. The van der Waals surface area contributed by atoms with E-state index >= 15 is 0 Å². The second-order valence-electron chi connectivity index (χ2n) is 5.67. The number of imidazole rings is 1. The van der Waals surface area contributed by atoms with E-state index < -0.39 is 0 Å². The molecule has 130 valence electrons. The van der Waals surface area contributed by atoms with Gasteiger partial charge in [-0.15, -0.1) is 0 Å². The van der Waals surface area contributed by atoms with Crippen molar-refractivity contribution >= 4 is 22.6 Å².